The Morgan fingerprint density at radius 2 is 1.74 bits per heavy atom. The molecule has 2 aromatic carbocycles. The Morgan fingerprint density at radius 1 is 1.04 bits per heavy atom. The van der Waals surface area contributed by atoms with Gasteiger partial charge in [-0.2, -0.15) is 0 Å². The molecule has 0 radical (unpaired) electrons. The zero-order valence-electron chi connectivity index (χ0n) is 15.3. The van der Waals surface area contributed by atoms with Gasteiger partial charge in [-0.1, -0.05) is 60.2 Å². The predicted molar refractivity (Wildman–Crippen MR) is 108 cm³/mol. The van der Waals surface area contributed by atoms with E-state index in [1.807, 2.05) is 79.9 Å². The van der Waals surface area contributed by atoms with Crippen LogP contribution in [0.4, 0.5) is 0 Å². The van der Waals surface area contributed by atoms with Crippen LogP contribution < -0.4 is 5.32 Å². The van der Waals surface area contributed by atoms with Crippen LogP contribution in [0.3, 0.4) is 0 Å². The van der Waals surface area contributed by atoms with Crippen LogP contribution in [0.1, 0.15) is 33.8 Å². The van der Waals surface area contributed by atoms with Crippen molar-refractivity contribution in [3.8, 4) is 11.1 Å². The predicted octanol–water partition coefficient (Wildman–Crippen LogP) is 4.76. The highest BCUT2D eigenvalue weighted by Crippen LogP contribution is 2.29. The Morgan fingerprint density at radius 3 is 2.44 bits per heavy atom. The first-order chi connectivity index (χ1) is 13.0. The normalized spacial score (nSPS) is 11.6. The molecule has 0 fully saturated rings. The summed E-state index contributed by atoms with van der Waals surface area (Å²) in [7, 11) is 0. The van der Waals surface area contributed by atoms with Gasteiger partial charge in [0.2, 0.25) is 0 Å². The molecule has 4 nitrogen and oxygen atoms in total. The van der Waals surface area contributed by atoms with Gasteiger partial charge >= 0.3 is 5.97 Å². The molecular formula is C22H21NO3S. The van der Waals surface area contributed by atoms with Crippen molar-refractivity contribution in [1.82, 2.24) is 5.32 Å². The van der Waals surface area contributed by atoms with E-state index in [2.05, 4.69) is 5.32 Å². The van der Waals surface area contributed by atoms with E-state index >= 15 is 0 Å². The van der Waals surface area contributed by atoms with Crippen LogP contribution in [0.5, 0.6) is 0 Å². The minimum Gasteiger partial charge on any atom is -0.451 e. The molecule has 0 saturated carbocycles. The van der Waals surface area contributed by atoms with Crippen molar-refractivity contribution in [3.63, 3.8) is 0 Å². The molecule has 1 amide bonds. The molecule has 0 aliphatic carbocycles. The van der Waals surface area contributed by atoms with E-state index in [0.29, 0.717) is 4.88 Å². The minimum absolute atomic E-state index is 0.151. The highest BCUT2D eigenvalue weighted by molar-refractivity contribution is 7.12. The van der Waals surface area contributed by atoms with Gasteiger partial charge in [-0.25, -0.2) is 4.79 Å². The number of hydrogen-bond acceptors (Lipinski definition) is 4. The summed E-state index contributed by atoms with van der Waals surface area (Å²) in [5, 5.41) is 4.69. The third-order valence-electron chi connectivity index (χ3n) is 4.22. The SMILES string of the molecule is Cc1ccc(-c2ccsc2C(=O)OCC(=O)N[C@H](C)c2ccccc2)cc1. The number of nitrogens with one attached hydrogen (secondary N) is 1. The summed E-state index contributed by atoms with van der Waals surface area (Å²) < 4.78 is 5.23. The van der Waals surface area contributed by atoms with Gasteiger partial charge < -0.3 is 10.1 Å². The second-order valence-electron chi connectivity index (χ2n) is 6.31. The number of esters is 1. The molecule has 3 rings (SSSR count). The fourth-order valence-corrected chi connectivity index (χ4v) is 3.54. The summed E-state index contributed by atoms with van der Waals surface area (Å²) in [5.41, 5.74) is 3.93. The molecule has 0 saturated heterocycles. The lowest BCUT2D eigenvalue weighted by molar-refractivity contribution is -0.124. The highest BCUT2D eigenvalue weighted by atomic mass is 32.1. The molecule has 1 atom stereocenters. The van der Waals surface area contributed by atoms with Gasteiger partial charge in [-0.05, 0) is 36.4 Å². The topological polar surface area (TPSA) is 55.4 Å². The quantitative estimate of drug-likeness (QED) is 0.629. The Kier molecular flexibility index (Phi) is 6.04. The number of benzene rings is 2. The van der Waals surface area contributed by atoms with Gasteiger partial charge in [0.15, 0.2) is 6.61 Å². The number of carbonyl (C=O) groups is 2. The largest absolute Gasteiger partial charge is 0.451 e. The van der Waals surface area contributed by atoms with Gasteiger partial charge in [-0.3, -0.25) is 4.79 Å². The Hall–Kier alpha value is -2.92. The minimum atomic E-state index is -0.483. The number of hydrogen-bond donors (Lipinski definition) is 1. The summed E-state index contributed by atoms with van der Waals surface area (Å²) in [5.74, 6) is -0.809. The fourth-order valence-electron chi connectivity index (χ4n) is 2.73. The molecule has 0 spiro atoms. The van der Waals surface area contributed by atoms with Crippen LogP contribution in [0.2, 0.25) is 0 Å². The monoisotopic (exact) mass is 379 g/mol. The van der Waals surface area contributed by atoms with Crippen molar-refractivity contribution in [2.24, 2.45) is 0 Å². The summed E-state index contributed by atoms with van der Waals surface area (Å²) in [4.78, 5) is 25.0. The first kappa shape index (κ1) is 18.9. The van der Waals surface area contributed by atoms with Crippen LogP contribution in [0.25, 0.3) is 11.1 Å². The number of carbonyl (C=O) groups excluding carboxylic acids is 2. The van der Waals surface area contributed by atoms with E-state index in [4.69, 9.17) is 4.74 Å². The Labute approximate surface area is 162 Å². The van der Waals surface area contributed by atoms with Gasteiger partial charge in [0, 0.05) is 5.56 Å². The third-order valence-corrected chi connectivity index (χ3v) is 5.12. The summed E-state index contributed by atoms with van der Waals surface area (Å²) >= 11 is 1.31. The standard InChI is InChI=1S/C22H21NO3S/c1-15-8-10-18(11-9-15)19-12-13-27-21(19)22(25)26-14-20(24)23-16(2)17-6-4-3-5-7-17/h3-13,16H,14H2,1-2H3,(H,23,24)/t16-/m1/s1. The fraction of sp³-hybridized carbons (Fsp3) is 0.182. The molecule has 1 heterocycles. The molecule has 27 heavy (non-hydrogen) atoms. The maximum Gasteiger partial charge on any atom is 0.349 e. The number of thiophene rings is 1. The summed E-state index contributed by atoms with van der Waals surface area (Å²) in [6.07, 6.45) is 0. The van der Waals surface area contributed by atoms with E-state index in [9.17, 15) is 9.59 Å². The lowest BCUT2D eigenvalue weighted by Gasteiger charge is -2.14. The maximum absolute atomic E-state index is 12.4. The van der Waals surface area contributed by atoms with E-state index in [1.54, 1.807) is 0 Å². The van der Waals surface area contributed by atoms with Gasteiger partial charge in [0.1, 0.15) is 4.88 Å². The van der Waals surface area contributed by atoms with Gasteiger partial charge in [0.25, 0.3) is 5.91 Å². The average molecular weight is 379 g/mol. The van der Waals surface area contributed by atoms with E-state index in [0.717, 1.165) is 22.3 Å². The van der Waals surface area contributed by atoms with Crippen LogP contribution >= 0.6 is 11.3 Å². The van der Waals surface area contributed by atoms with Crippen molar-refractivity contribution in [2.45, 2.75) is 19.9 Å². The van der Waals surface area contributed by atoms with E-state index in [1.165, 1.54) is 11.3 Å². The smallest absolute Gasteiger partial charge is 0.349 e. The van der Waals surface area contributed by atoms with Crippen molar-refractivity contribution in [2.75, 3.05) is 6.61 Å². The number of amides is 1. The van der Waals surface area contributed by atoms with Crippen LogP contribution in [-0.2, 0) is 9.53 Å². The molecular weight excluding hydrogens is 358 g/mol. The van der Waals surface area contributed by atoms with Crippen LogP contribution in [0, 0.1) is 6.92 Å². The highest BCUT2D eigenvalue weighted by Gasteiger charge is 2.18. The third kappa shape index (κ3) is 4.83. The summed E-state index contributed by atoms with van der Waals surface area (Å²) in [6.45, 7) is 3.60. The van der Waals surface area contributed by atoms with Gasteiger partial charge in [-0.15, -0.1) is 11.3 Å². The van der Waals surface area contributed by atoms with E-state index < -0.39 is 5.97 Å². The molecule has 5 heteroatoms. The maximum atomic E-state index is 12.4. The molecule has 0 bridgehead atoms. The van der Waals surface area contributed by atoms with E-state index in [-0.39, 0.29) is 18.6 Å². The molecule has 0 aliphatic rings. The number of ether oxygens (including phenoxy) is 1. The average Bonchev–Trinajstić information content (AvgIpc) is 3.17. The zero-order chi connectivity index (χ0) is 19.2. The van der Waals surface area contributed by atoms with Crippen LogP contribution in [-0.4, -0.2) is 18.5 Å². The van der Waals surface area contributed by atoms with Crippen molar-refractivity contribution >= 4 is 23.2 Å². The van der Waals surface area contributed by atoms with Crippen molar-refractivity contribution < 1.29 is 14.3 Å². The van der Waals surface area contributed by atoms with Crippen LogP contribution in [0.15, 0.2) is 66.0 Å². The van der Waals surface area contributed by atoms with Crippen molar-refractivity contribution in [1.29, 1.82) is 0 Å². The molecule has 138 valence electrons. The second kappa shape index (κ2) is 8.64. The second-order valence-corrected chi connectivity index (χ2v) is 7.22. The molecule has 0 unspecified atom stereocenters. The first-order valence-electron chi connectivity index (χ1n) is 8.70. The zero-order valence-corrected chi connectivity index (χ0v) is 16.1. The van der Waals surface area contributed by atoms with Crippen molar-refractivity contribution in [3.05, 3.63) is 82.0 Å². The molecule has 1 aromatic heterocycles. The Bertz CT molecular complexity index is 916. The van der Waals surface area contributed by atoms with Gasteiger partial charge in [0.05, 0.1) is 6.04 Å². The lowest BCUT2D eigenvalue weighted by Crippen LogP contribution is -2.31. The molecule has 3 aromatic rings. The number of aryl methyl sites for hydroxylation is 1. The molecule has 0 aliphatic heterocycles. The number of rotatable bonds is 6. The Balaban J connectivity index is 1.59. The lowest BCUT2D eigenvalue weighted by atomic mass is 10.1. The summed E-state index contributed by atoms with van der Waals surface area (Å²) in [6, 6.07) is 19.3. The molecule has 1 N–H and O–H groups in total. The first-order valence-corrected chi connectivity index (χ1v) is 9.58.